The summed E-state index contributed by atoms with van der Waals surface area (Å²) in [7, 11) is 0. The first-order valence-electron chi connectivity index (χ1n) is 6.71. The number of rotatable bonds is 8. The Morgan fingerprint density at radius 2 is 2.11 bits per heavy atom. The number of nitrogens with one attached hydrogen (secondary N) is 2. The van der Waals surface area contributed by atoms with Crippen LogP contribution in [0.4, 0.5) is 11.8 Å². The van der Waals surface area contributed by atoms with Gasteiger partial charge in [0.1, 0.15) is 5.02 Å². The van der Waals surface area contributed by atoms with Crippen molar-refractivity contribution in [1.82, 2.24) is 9.97 Å². The number of aromatic nitrogens is 2. The summed E-state index contributed by atoms with van der Waals surface area (Å²) in [6, 6.07) is 0. The second-order valence-corrected chi connectivity index (χ2v) is 5.92. The van der Waals surface area contributed by atoms with Crippen LogP contribution in [-0.2, 0) is 0 Å². The number of halogens is 1. The molecule has 0 spiro atoms. The molecule has 0 fully saturated rings. The molecule has 0 aliphatic carbocycles. The Balaban J connectivity index is 2.55. The first-order chi connectivity index (χ1) is 8.98. The molecule has 0 radical (unpaired) electrons. The Morgan fingerprint density at radius 3 is 2.74 bits per heavy atom. The van der Waals surface area contributed by atoms with Crippen LogP contribution in [0.3, 0.4) is 0 Å². The van der Waals surface area contributed by atoms with E-state index in [1.54, 1.807) is 0 Å². The molecule has 1 aromatic heterocycles. The van der Waals surface area contributed by atoms with Crippen LogP contribution < -0.4 is 16.6 Å². The van der Waals surface area contributed by atoms with Gasteiger partial charge in [-0.3, -0.25) is 5.43 Å². The number of nitrogens with zero attached hydrogens (tertiary/aromatic N) is 2. The maximum absolute atomic E-state index is 6.05. The zero-order chi connectivity index (χ0) is 14.3. The van der Waals surface area contributed by atoms with Gasteiger partial charge in [-0.2, -0.15) is 4.98 Å². The number of hydrazine groups is 1. The van der Waals surface area contributed by atoms with E-state index in [0.717, 1.165) is 6.54 Å². The Labute approximate surface area is 120 Å². The first kappa shape index (κ1) is 16.0. The van der Waals surface area contributed by atoms with Crippen LogP contribution in [0.2, 0.25) is 5.02 Å². The number of unbranched alkanes of at least 4 members (excludes halogenated alkanes) is 2. The van der Waals surface area contributed by atoms with E-state index in [0.29, 0.717) is 16.8 Å². The van der Waals surface area contributed by atoms with Gasteiger partial charge in [-0.25, -0.2) is 10.8 Å². The van der Waals surface area contributed by atoms with E-state index in [-0.39, 0.29) is 5.41 Å². The van der Waals surface area contributed by atoms with Crippen molar-refractivity contribution < 1.29 is 0 Å². The first-order valence-corrected chi connectivity index (χ1v) is 7.09. The second-order valence-electron chi connectivity index (χ2n) is 5.51. The number of nitrogen functional groups attached to an aromatic ring is 1. The molecule has 0 bridgehead atoms. The summed E-state index contributed by atoms with van der Waals surface area (Å²) >= 11 is 6.05. The van der Waals surface area contributed by atoms with E-state index in [4.69, 9.17) is 17.4 Å². The molecule has 1 aromatic rings. The SMILES string of the molecule is CCCCCC(C)(C)CNc1nc(NN)ncc1Cl. The Morgan fingerprint density at radius 1 is 1.37 bits per heavy atom. The van der Waals surface area contributed by atoms with Crippen molar-refractivity contribution in [2.24, 2.45) is 11.3 Å². The van der Waals surface area contributed by atoms with Gasteiger partial charge in [0, 0.05) is 6.54 Å². The minimum atomic E-state index is 0.208. The van der Waals surface area contributed by atoms with E-state index >= 15 is 0 Å². The zero-order valence-corrected chi connectivity index (χ0v) is 12.7. The quantitative estimate of drug-likeness (QED) is 0.387. The van der Waals surface area contributed by atoms with Crippen molar-refractivity contribution in [3.05, 3.63) is 11.2 Å². The Kier molecular flexibility index (Phi) is 6.31. The van der Waals surface area contributed by atoms with Crippen LogP contribution in [0.25, 0.3) is 0 Å². The third-order valence-corrected chi connectivity index (χ3v) is 3.34. The van der Waals surface area contributed by atoms with Crippen molar-refractivity contribution in [2.45, 2.75) is 46.5 Å². The van der Waals surface area contributed by atoms with Crippen molar-refractivity contribution in [3.8, 4) is 0 Å². The largest absolute Gasteiger partial charge is 0.368 e. The van der Waals surface area contributed by atoms with Crippen LogP contribution in [0.15, 0.2) is 6.20 Å². The Hall–Kier alpha value is -1.07. The lowest BCUT2D eigenvalue weighted by Crippen LogP contribution is -2.24. The summed E-state index contributed by atoms with van der Waals surface area (Å²) < 4.78 is 0. The van der Waals surface area contributed by atoms with E-state index in [9.17, 15) is 0 Å². The molecular formula is C13H24ClN5. The van der Waals surface area contributed by atoms with E-state index < -0.39 is 0 Å². The van der Waals surface area contributed by atoms with Gasteiger partial charge in [-0.15, -0.1) is 0 Å². The van der Waals surface area contributed by atoms with Crippen LogP contribution in [-0.4, -0.2) is 16.5 Å². The molecule has 5 nitrogen and oxygen atoms in total. The monoisotopic (exact) mass is 285 g/mol. The summed E-state index contributed by atoms with van der Waals surface area (Å²) in [4.78, 5) is 8.14. The molecule has 0 saturated heterocycles. The minimum absolute atomic E-state index is 0.208. The average molecular weight is 286 g/mol. The fraction of sp³-hybridized carbons (Fsp3) is 0.692. The lowest BCUT2D eigenvalue weighted by atomic mass is 9.87. The summed E-state index contributed by atoms with van der Waals surface area (Å²) in [5, 5.41) is 3.78. The maximum atomic E-state index is 6.05. The molecule has 0 aromatic carbocycles. The minimum Gasteiger partial charge on any atom is -0.368 e. The highest BCUT2D eigenvalue weighted by molar-refractivity contribution is 6.32. The van der Waals surface area contributed by atoms with Gasteiger partial charge in [0.2, 0.25) is 5.95 Å². The van der Waals surface area contributed by atoms with Crippen molar-refractivity contribution in [2.75, 3.05) is 17.3 Å². The highest BCUT2D eigenvalue weighted by Gasteiger charge is 2.18. The topological polar surface area (TPSA) is 75.9 Å². The third kappa shape index (κ3) is 5.61. The number of anilines is 2. The summed E-state index contributed by atoms with van der Waals surface area (Å²) in [6.07, 6.45) is 6.48. The van der Waals surface area contributed by atoms with E-state index in [1.165, 1.54) is 31.9 Å². The molecule has 4 N–H and O–H groups in total. The van der Waals surface area contributed by atoms with Gasteiger partial charge in [0.05, 0.1) is 6.20 Å². The van der Waals surface area contributed by atoms with Gasteiger partial charge >= 0.3 is 0 Å². The van der Waals surface area contributed by atoms with Gasteiger partial charge in [0.15, 0.2) is 5.82 Å². The fourth-order valence-electron chi connectivity index (χ4n) is 1.83. The van der Waals surface area contributed by atoms with Crippen molar-refractivity contribution in [1.29, 1.82) is 0 Å². The van der Waals surface area contributed by atoms with E-state index in [2.05, 4.69) is 41.5 Å². The lowest BCUT2D eigenvalue weighted by molar-refractivity contribution is 0.342. The van der Waals surface area contributed by atoms with Crippen LogP contribution in [0.1, 0.15) is 46.5 Å². The lowest BCUT2D eigenvalue weighted by Gasteiger charge is -2.25. The standard InChI is InChI=1S/C13H24ClN5/c1-4-5-6-7-13(2,3)9-17-11-10(14)8-16-12(18-11)19-15/h8H,4-7,9,15H2,1-3H3,(H2,16,17,18,19). The summed E-state index contributed by atoms with van der Waals surface area (Å²) in [6.45, 7) is 7.52. The summed E-state index contributed by atoms with van der Waals surface area (Å²) in [5.74, 6) is 6.26. The molecule has 19 heavy (non-hydrogen) atoms. The predicted molar refractivity (Wildman–Crippen MR) is 81.3 cm³/mol. The normalized spacial score (nSPS) is 11.4. The number of nitrogens with two attached hydrogens (primary N) is 1. The molecule has 108 valence electrons. The molecule has 0 atom stereocenters. The molecule has 1 heterocycles. The maximum Gasteiger partial charge on any atom is 0.239 e. The van der Waals surface area contributed by atoms with Crippen molar-refractivity contribution in [3.63, 3.8) is 0 Å². The van der Waals surface area contributed by atoms with Crippen LogP contribution in [0, 0.1) is 5.41 Å². The van der Waals surface area contributed by atoms with Crippen LogP contribution in [0.5, 0.6) is 0 Å². The molecule has 0 aliphatic heterocycles. The Bertz CT molecular complexity index is 395. The smallest absolute Gasteiger partial charge is 0.239 e. The van der Waals surface area contributed by atoms with Gasteiger partial charge in [0.25, 0.3) is 0 Å². The third-order valence-electron chi connectivity index (χ3n) is 3.06. The van der Waals surface area contributed by atoms with Crippen molar-refractivity contribution >= 4 is 23.4 Å². The fourth-order valence-corrected chi connectivity index (χ4v) is 1.98. The highest BCUT2D eigenvalue weighted by atomic mass is 35.5. The predicted octanol–water partition coefficient (Wildman–Crippen LogP) is 3.43. The molecular weight excluding hydrogens is 262 g/mol. The molecule has 0 unspecified atom stereocenters. The summed E-state index contributed by atoms with van der Waals surface area (Å²) in [5.41, 5.74) is 2.62. The number of hydrogen-bond acceptors (Lipinski definition) is 5. The molecule has 6 heteroatoms. The molecule has 0 amide bonds. The average Bonchev–Trinajstić information content (AvgIpc) is 2.38. The van der Waals surface area contributed by atoms with Crippen LogP contribution >= 0.6 is 11.6 Å². The highest BCUT2D eigenvalue weighted by Crippen LogP contribution is 2.26. The van der Waals surface area contributed by atoms with Gasteiger partial charge < -0.3 is 5.32 Å². The second kappa shape index (κ2) is 7.50. The number of hydrogen-bond donors (Lipinski definition) is 3. The molecule has 0 aliphatic rings. The molecule has 1 rings (SSSR count). The van der Waals surface area contributed by atoms with Gasteiger partial charge in [-0.05, 0) is 11.8 Å². The molecule has 0 saturated carbocycles. The van der Waals surface area contributed by atoms with Gasteiger partial charge in [-0.1, -0.05) is 51.6 Å². The zero-order valence-electron chi connectivity index (χ0n) is 12.0. The van der Waals surface area contributed by atoms with E-state index in [1.807, 2.05) is 0 Å².